The minimum atomic E-state index is -0.429. The molecule has 1 aromatic rings. The third kappa shape index (κ3) is 2.65. The molecular formula is C9H12BrN3O2. The van der Waals surface area contributed by atoms with E-state index >= 15 is 0 Å². The number of nitrogens with zero attached hydrogens (tertiary/aromatic N) is 2. The van der Waals surface area contributed by atoms with Gasteiger partial charge in [0.1, 0.15) is 10.3 Å². The Bertz CT molecular complexity index is 441. The van der Waals surface area contributed by atoms with E-state index in [1.807, 2.05) is 0 Å². The van der Waals surface area contributed by atoms with Gasteiger partial charge in [-0.15, -0.1) is 0 Å². The summed E-state index contributed by atoms with van der Waals surface area (Å²) in [4.78, 5) is 26.6. The van der Waals surface area contributed by atoms with Crippen molar-refractivity contribution in [3.05, 3.63) is 26.8 Å². The predicted octanol–water partition coefficient (Wildman–Crippen LogP) is 0.436. The Morgan fingerprint density at radius 1 is 1.73 bits per heavy atom. The highest BCUT2D eigenvalue weighted by Crippen LogP contribution is 2.04. The van der Waals surface area contributed by atoms with Gasteiger partial charge in [0.05, 0.1) is 5.92 Å². The average Bonchev–Trinajstić information content (AvgIpc) is 2.18. The third-order valence-corrected chi connectivity index (χ3v) is 2.69. The summed E-state index contributed by atoms with van der Waals surface area (Å²) in [5.41, 5.74) is 4.94. The number of primary amides is 1. The maximum Gasteiger partial charge on any atom is 0.267 e. The summed E-state index contributed by atoms with van der Waals surface area (Å²) >= 11 is 3.10. The lowest BCUT2D eigenvalue weighted by molar-refractivity contribution is -0.121. The fourth-order valence-corrected chi connectivity index (χ4v) is 1.45. The van der Waals surface area contributed by atoms with Gasteiger partial charge in [0.2, 0.25) is 5.91 Å². The van der Waals surface area contributed by atoms with E-state index in [1.54, 1.807) is 13.8 Å². The van der Waals surface area contributed by atoms with Crippen LogP contribution in [0.4, 0.5) is 0 Å². The highest BCUT2D eigenvalue weighted by molar-refractivity contribution is 9.10. The molecule has 0 radical (unpaired) electrons. The van der Waals surface area contributed by atoms with E-state index in [9.17, 15) is 9.59 Å². The number of halogens is 1. The first kappa shape index (κ1) is 11.9. The molecular weight excluding hydrogens is 262 g/mol. The van der Waals surface area contributed by atoms with Crippen LogP contribution in [0.2, 0.25) is 0 Å². The standard InChI is InChI=1S/C9H12BrN3O2/c1-5(8(11)14)4-13-6(2)12-3-7(10)9(13)15/h3,5H,4H2,1-2H3,(H2,11,14). The zero-order valence-electron chi connectivity index (χ0n) is 8.53. The van der Waals surface area contributed by atoms with Crippen molar-refractivity contribution in [2.75, 3.05) is 0 Å². The van der Waals surface area contributed by atoms with Crippen LogP contribution in [0, 0.1) is 12.8 Å². The molecule has 0 aromatic carbocycles. The van der Waals surface area contributed by atoms with Gasteiger partial charge in [-0.1, -0.05) is 6.92 Å². The molecule has 1 aromatic heterocycles. The number of hydrogen-bond donors (Lipinski definition) is 1. The van der Waals surface area contributed by atoms with Crippen molar-refractivity contribution in [3.8, 4) is 0 Å². The fraction of sp³-hybridized carbons (Fsp3) is 0.444. The first-order valence-electron chi connectivity index (χ1n) is 4.44. The number of nitrogens with two attached hydrogens (primary N) is 1. The lowest BCUT2D eigenvalue weighted by atomic mass is 10.1. The lowest BCUT2D eigenvalue weighted by Crippen LogP contribution is -2.31. The van der Waals surface area contributed by atoms with E-state index < -0.39 is 11.8 Å². The second-order valence-electron chi connectivity index (χ2n) is 3.37. The molecule has 82 valence electrons. The quantitative estimate of drug-likeness (QED) is 0.868. The number of carbonyl (C=O) groups is 1. The SMILES string of the molecule is Cc1ncc(Br)c(=O)n1CC(C)C(N)=O. The molecule has 0 saturated carbocycles. The molecule has 1 amide bonds. The fourth-order valence-electron chi connectivity index (χ4n) is 1.13. The first-order chi connectivity index (χ1) is 6.93. The van der Waals surface area contributed by atoms with Gasteiger partial charge in [0, 0.05) is 12.7 Å². The Balaban J connectivity index is 3.09. The first-order valence-corrected chi connectivity index (χ1v) is 5.24. The van der Waals surface area contributed by atoms with Crippen molar-refractivity contribution < 1.29 is 4.79 Å². The van der Waals surface area contributed by atoms with Crippen LogP contribution in [-0.2, 0) is 11.3 Å². The topological polar surface area (TPSA) is 78.0 Å². The predicted molar refractivity (Wildman–Crippen MR) is 59.3 cm³/mol. The minimum absolute atomic E-state index is 0.199. The maximum absolute atomic E-state index is 11.7. The summed E-state index contributed by atoms with van der Waals surface area (Å²) in [5, 5.41) is 0. The van der Waals surface area contributed by atoms with E-state index in [-0.39, 0.29) is 12.1 Å². The second-order valence-corrected chi connectivity index (χ2v) is 4.23. The molecule has 0 saturated heterocycles. The van der Waals surface area contributed by atoms with Crippen LogP contribution in [-0.4, -0.2) is 15.5 Å². The van der Waals surface area contributed by atoms with Crippen molar-refractivity contribution in [1.29, 1.82) is 0 Å². The Kier molecular flexibility index (Phi) is 3.62. The van der Waals surface area contributed by atoms with Crippen LogP contribution < -0.4 is 11.3 Å². The van der Waals surface area contributed by atoms with Gasteiger partial charge < -0.3 is 5.73 Å². The van der Waals surface area contributed by atoms with Gasteiger partial charge in [0.25, 0.3) is 5.56 Å². The smallest absolute Gasteiger partial charge is 0.267 e. The Labute approximate surface area is 95.4 Å². The van der Waals surface area contributed by atoms with E-state index in [0.29, 0.717) is 10.3 Å². The normalized spacial score (nSPS) is 12.5. The summed E-state index contributed by atoms with van der Waals surface area (Å²) in [7, 11) is 0. The van der Waals surface area contributed by atoms with Gasteiger partial charge in [-0.05, 0) is 22.9 Å². The van der Waals surface area contributed by atoms with Crippen molar-refractivity contribution >= 4 is 21.8 Å². The highest BCUT2D eigenvalue weighted by atomic mass is 79.9. The zero-order valence-corrected chi connectivity index (χ0v) is 10.1. The number of amides is 1. The van der Waals surface area contributed by atoms with Crippen molar-refractivity contribution in [1.82, 2.24) is 9.55 Å². The Morgan fingerprint density at radius 3 is 2.87 bits per heavy atom. The van der Waals surface area contributed by atoms with Crippen LogP contribution in [0.25, 0.3) is 0 Å². The van der Waals surface area contributed by atoms with Crippen LogP contribution >= 0.6 is 15.9 Å². The highest BCUT2D eigenvalue weighted by Gasteiger charge is 2.13. The summed E-state index contributed by atoms with van der Waals surface area (Å²) in [6, 6.07) is 0. The van der Waals surface area contributed by atoms with Gasteiger partial charge in [0.15, 0.2) is 0 Å². The number of hydrogen-bond acceptors (Lipinski definition) is 3. The van der Waals surface area contributed by atoms with Gasteiger partial charge in [-0.3, -0.25) is 14.2 Å². The van der Waals surface area contributed by atoms with E-state index in [4.69, 9.17) is 5.73 Å². The molecule has 1 atom stereocenters. The van der Waals surface area contributed by atoms with Gasteiger partial charge >= 0.3 is 0 Å². The molecule has 0 fully saturated rings. The average molecular weight is 274 g/mol. The number of carbonyl (C=O) groups excluding carboxylic acids is 1. The number of rotatable bonds is 3. The summed E-state index contributed by atoms with van der Waals surface area (Å²) < 4.78 is 1.81. The zero-order chi connectivity index (χ0) is 11.6. The summed E-state index contributed by atoms with van der Waals surface area (Å²) in [6.45, 7) is 3.64. The molecule has 2 N–H and O–H groups in total. The molecule has 0 aliphatic carbocycles. The molecule has 0 aliphatic heterocycles. The number of aromatic nitrogens is 2. The maximum atomic E-state index is 11.7. The van der Waals surface area contributed by atoms with Crippen molar-refractivity contribution in [2.24, 2.45) is 11.7 Å². The molecule has 1 heterocycles. The molecule has 1 unspecified atom stereocenters. The second kappa shape index (κ2) is 4.57. The molecule has 15 heavy (non-hydrogen) atoms. The largest absolute Gasteiger partial charge is 0.369 e. The third-order valence-electron chi connectivity index (χ3n) is 2.15. The Hall–Kier alpha value is -1.17. The van der Waals surface area contributed by atoms with E-state index in [2.05, 4.69) is 20.9 Å². The molecule has 0 aliphatic rings. The Morgan fingerprint density at radius 2 is 2.33 bits per heavy atom. The van der Waals surface area contributed by atoms with Gasteiger partial charge in [-0.25, -0.2) is 4.98 Å². The van der Waals surface area contributed by atoms with Crippen LogP contribution in [0.15, 0.2) is 15.5 Å². The molecule has 1 rings (SSSR count). The van der Waals surface area contributed by atoms with E-state index in [0.717, 1.165) is 0 Å². The van der Waals surface area contributed by atoms with E-state index in [1.165, 1.54) is 10.8 Å². The van der Waals surface area contributed by atoms with Crippen molar-refractivity contribution in [2.45, 2.75) is 20.4 Å². The molecule has 0 spiro atoms. The lowest BCUT2D eigenvalue weighted by Gasteiger charge is -2.12. The summed E-state index contributed by atoms with van der Waals surface area (Å²) in [5.74, 6) is -0.255. The van der Waals surface area contributed by atoms with Crippen LogP contribution in [0.3, 0.4) is 0 Å². The summed E-state index contributed by atoms with van der Waals surface area (Å²) in [6.07, 6.45) is 1.45. The minimum Gasteiger partial charge on any atom is -0.369 e. The van der Waals surface area contributed by atoms with Gasteiger partial charge in [-0.2, -0.15) is 0 Å². The number of aryl methyl sites for hydroxylation is 1. The van der Waals surface area contributed by atoms with Crippen LogP contribution in [0.5, 0.6) is 0 Å². The molecule has 5 nitrogen and oxygen atoms in total. The van der Waals surface area contributed by atoms with Crippen molar-refractivity contribution in [3.63, 3.8) is 0 Å². The van der Waals surface area contributed by atoms with Crippen LogP contribution in [0.1, 0.15) is 12.7 Å². The molecule has 0 bridgehead atoms. The molecule has 6 heteroatoms. The monoisotopic (exact) mass is 273 g/mol.